The summed E-state index contributed by atoms with van der Waals surface area (Å²) in [5.74, 6) is 0.146. The lowest BCUT2D eigenvalue weighted by molar-refractivity contribution is 0.102. The molecular formula is C17H11N5O2S2. The maximum atomic E-state index is 12.2. The normalized spacial score (nSPS) is 10.6. The van der Waals surface area contributed by atoms with E-state index in [0.717, 1.165) is 4.88 Å². The largest absolute Gasteiger partial charge is 0.410 e. The minimum absolute atomic E-state index is 0.225. The Hall–Kier alpha value is -3.04. The zero-order chi connectivity index (χ0) is 17.8. The SMILES string of the molecule is O=C(Nc1ccccc1)c1ccc(Sc2nnc(-c3cccs3)o2)nn1. The van der Waals surface area contributed by atoms with Crippen LogP contribution in [0.2, 0.25) is 0 Å². The van der Waals surface area contributed by atoms with E-state index in [1.165, 1.54) is 23.1 Å². The second-order valence-electron chi connectivity index (χ2n) is 5.03. The maximum Gasteiger partial charge on any atom is 0.283 e. The van der Waals surface area contributed by atoms with Gasteiger partial charge in [0.1, 0.15) is 5.03 Å². The first kappa shape index (κ1) is 16.4. The molecule has 0 aliphatic rings. The van der Waals surface area contributed by atoms with Gasteiger partial charge in [-0.05, 0) is 47.5 Å². The summed E-state index contributed by atoms with van der Waals surface area (Å²) in [4.78, 5) is 13.1. The summed E-state index contributed by atoms with van der Waals surface area (Å²) in [6.45, 7) is 0. The predicted molar refractivity (Wildman–Crippen MR) is 98.2 cm³/mol. The molecule has 128 valence electrons. The van der Waals surface area contributed by atoms with Gasteiger partial charge < -0.3 is 9.73 Å². The number of nitrogens with zero attached hydrogens (tertiary/aromatic N) is 4. The van der Waals surface area contributed by atoms with Gasteiger partial charge in [0.05, 0.1) is 4.88 Å². The van der Waals surface area contributed by atoms with E-state index < -0.39 is 0 Å². The number of carbonyl (C=O) groups is 1. The van der Waals surface area contributed by atoms with Crippen molar-refractivity contribution in [2.24, 2.45) is 0 Å². The number of rotatable bonds is 5. The van der Waals surface area contributed by atoms with Gasteiger partial charge in [-0.3, -0.25) is 4.79 Å². The molecule has 0 saturated heterocycles. The zero-order valence-corrected chi connectivity index (χ0v) is 14.8. The molecule has 3 heterocycles. The minimum atomic E-state index is -0.321. The van der Waals surface area contributed by atoms with Crippen LogP contribution in [-0.2, 0) is 0 Å². The molecule has 4 rings (SSSR count). The van der Waals surface area contributed by atoms with E-state index in [1.807, 2.05) is 35.7 Å². The monoisotopic (exact) mass is 381 g/mol. The van der Waals surface area contributed by atoms with Crippen LogP contribution in [0, 0.1) is 0 Å². The van der Waals surface area contributed by atoms with Gasteiger partial charge in [-0.1, -0.05) is 24.3 Å². The highest BCUT2D eigenvalue weighted by Crippen LogP contribution is 2.29. The topological polar surface area (TPSA) is 93.8 Å². The van der Waals surface area contributed by atoms with Gasteiger partial charge in [0.15, 0.2) is 5.69 Å². The van der Waals surface area contributed by atoms with Gasteiger partial charge in [0.2, 0.25) is 0 Å². The third-order valence-corrected chi connectivity index (χ3v) is 4.86. The van der Waals surface area contributed by atoms with Crippen LogP contribution in [0.5, 0.6) is 0 Å². The van der Waals surface area contributed by atoms with Crippen molar-refractivity contribution in [3.05, 3.63) is 65.7 Å². The Balaban J connectivity index is 1.42. The van der Waals surface area contributed by atoms with E-state index in [-0.39, 0.29) is 11.6 Å². The van der Waals surface area contributed by atoms with Crippen molar-refractivity contribution in [2.45, 2.75) is 10.2 Å². The molecule has 1 amide bonds. The standard InChI is InChI=1S/C17H11N5O2S2/c23-15(18-11-5-2-1-3-6-11)12-8-9-14(20-19-12)26-17-22-21-16(24-17)13-7-4-10-25-13/h1-10H,(H,18,23). The van der Waals surface area contributed by atoms with Crippen LogP contribution in [0.1, 0.15) is 10.5 Å². The van der Waals surface area contributed by atoms with Crippen LogP contribution >= 0.6 is 23.1 Å². The summed E-state index contributed by atoms with van der Waals surface area (Å²) in [6.07, 6.45) is 0. The number of hydrogen-bond donors (Lipinski definition) is 1. The fraction of sp³-hybridized carbons (Fsp3) is 0. The third kappa shape index (κ3) is 3.79. The fourth-order valence-corrected chi connectivity index (χ4v) is 3.30. The lowest BCUT2D eigenvalue weighted by Gasteiger charge is -2.03. The Kier molecular flexibility index (Phi) is 4.71. The second kappa shape index (κ2) is 7.46. The van der Waals surface area contributed by atoms with Gasteiger partial charge in [-0.2, -0.15) is 0 Å². The fourth-order valence-electron chi connectivity index (χ4n) is 2.05. The Morgan fingerprint density at radius 1 is 0.962 bits per heavy atom. The number of para-hydroxylation sites is 1. The number of thiophene rings is 1. The van der Waals surface area contributed by atoms with Crippen molar-refractivity contribution < 1.29 is 9.21 Å². The molecule has 0 spiro atoms. The summed E-state index contributed by atoms with van der Waals surface area (Å²) in [5, 5.41) is 21.6. The first-order valence-corrected chi connectivity index (χ1v) is 9.23. The van der Waals surface area contributed by atoms with Crippen LogP contribution in [0.4, 0.5) is 5.69 Å². The van der Waals surface area contributed by atoms with Crippen molar-refractivity contribution in [3.8, 4) is 10.8 Å². The van der Waals surface area contributed by atoms with Gasteiger partial charge >= 0.3 is 0 Å². The highest BCUT2D eigenvalue weighted by Gasteiger charge is 2.13. The molecule has 0 radical (unpaired) electrons. The van der Waals surface area contributed by atoms with Crippen molar-refractivity contribution in [1.82, 2.24) is 20.4 Å². The van der Waals surface area contributed by atoms with Crippen LogP contribution < -0.4 is 5.32 Å². The Bertz CT molecular complexity index is 1000. The lowest BCUT2D eigenvalue weighted by atomic mass is 10.3. The van der Waals surface area contributed by atoms with Gasteiger partial charge in [0.25, 0.3) is 17.0 Å². The Morgan fingerprint density at radius 3 is 2.58 bits per heavy atom. The van der Waals surface area contributed by atoms with Gasteiger partial charge in [-0.25, -0.2) is 0 Å². The van der Waals surface area contributed by atoms with Crippen molar-refractivity contribution in [3.63, 3.8) is 0 Å². The summed E-state index contributed by atoms with van der Waals surface area (Å²) >= 11 is 2.71. The molecule has 26 heavy (non-hydrogen) atoms. The molecule has 0 aliphatic carbocycles. The molecule has 0 saturated carbocycles. The number of carbonyl (C=O) groups excluding carboxylic acids is 1. The second-order valence-corrected chi connectivity index (χ2v) is 6.95. The molecule has 0 bridgehead atoms. The van der Waals surface area contributed by atoms with E-state index in [2.05, 4.69) is 25.7 Å². The summed E-state index contributed by atoms with van der Waals surface area (Å²) in [6, 6.07) is 16.3. The van der Waals surface area contributed by atoms with Crippen LogP contribution in [0.15, 0.2) is 74.6 Å². The lowest BCUT2D eigenvalue weighted by Crippen LogP contribution is -2.14. The highest BCUT2D eigenvalue weighted by atomic mass is 32.2. The van der Waals surface area contributed by atoms with E-state index in [0.29, 0.717) is 21.8 Å². The zero-order valence-electron chi connectivity index (χ0n) is 13.2. The first-order chi connectivity index (χ1) is 12.8. The number of hydrogen-bond acceptors (Lipinski definition) is 8. The van der Waals surface area contributed by atoms with Crippen molar-refractivity contribution in [1.29, 1.82) is 0 Å². The summed E-state index contributed by atoms with van der Waals surface area (Å²) in [5.41, 5.74) is 0.924. The van der Waals surface area contributed by atoms with Crippen LogP contribution in [0.3, 0.4) is 0 Å². The molecule has 0 aliphatic heterocycles. The van der Waals surface area contributed by atoms with E-state index in [4.69, 9.17) is 4.42 Å². The third-order valence-electron chi connectivity index (χ3n) is 3.23. The number of benzene rings is 1. The van der Waals surface area contributed by atoms with Crippen molar-refractivity contribution >= 4 is 34.7 Å². The Labute approximate surface area is 156 Å². The average molecular weight is 381 g/mol. The van der Waals surface area contributed by atoms with Crippen LogP contribution in [0.25, 0.3) is 10.8 Å². The summed E-state index contributed by atoms with van der Waals surface area (Å²) in [7, 11) is 0. The number of nitrogens with one attached hydrogen (secondary N) is 1. The van der Waals surface area contributed by atoms with Crippen molar-refractivity contribution in [2.75, 3.05) is 5.32 Å². The smallest absolute Gasteiger partial charge is 0.283 e. The van der Waals surface area contributed by atoms with Gasteiger partial charge in [-0.15, -0.1) is 31.7 Å². The number of anilines is 1. The molecule has 0 unspecified atom stereocenters. The molecule has 3 aromatic heterocycles. The molecular weight excluding hydrogens is 370 g/mol. The van der Waals surface area contributed by atoms with Crippen LogP contribution in [-0.4, -0.2) is 26.3 Å². The summed E-state index contributed by atoms with van der Waals surface area (Å²) < 4.78 is 5.59. The molecule has 9 heteroatoms. The highest BCUT2D eigenvalue weighted by molar-refractivity contribution is 7.99. The quantitative estimate of drug-likeness (QED) is 0.558. The predicted octanol–water partition coefficient (Wildman–Crippen LogP) is 3.99. The number of amides is 1. The minimum Gasteiger partial charge on any atom is -0.410 e. The van der Waals surface area contributed by atoms with E-state index in [1.54, 1.807) is 24.3 Å². The van der Waals surface area contributed by atoms with E-state index in [9.17, 15) is 4.79 Å². The Morgan fingerprint density at radius 2 is 1.85 bits per heavy atom. The molecule has 0 atom stereocenters. The van der Waals surface area contributed by atoms with Gasteiger partial charge in [0, 0.05) is 5.69 Å². The molecule has 7 nitrogen and oxygen atoms in total. The first-order valence-electron chi connectivity index (χ1n) is 7.53. The molecule has 4 aromatic rings. The van der Waals surface area contributed by atoms with E-state index >= 15 is 0 Å². The maximum absolute atomic E-state index is 12.2. The number of aromatic nitrogens is 4. The molecule has 0 fully saturated rings. The average Bonchev–Trinajstić information content (AvgIpc) is 3.35. The molecule has 1 N–H and O–H groups in total. The molecule has 1 aromatic carbocycles.